The van der Waals surface area contributed by atoms with E-state index in [1.807, 2.05) is 16.9 Å². The van der Waals surface area contributed by atoms with E-state index in [4.69, 9.17) is 26.4 Å². The molecular formula is C23H28ClN5OSi. The molecule has 4 rings (SSSR count). The van der Waals surface area contributed by atoms with Crippen molar-refractivity contribution >= 4 is 30.6 Å². The minimum Gasteiger partial charge on any atom is -0.360 e. The van der Waals surface area contributed by atoms with Crippen LogP contribution >= 0.6 is 11.6 Å². The van der Waals surface area contributed by atoms with Gasteiger partial charge in [-0.3, -0.25) is 4.98 Å². The van der Waals surface area contributed by atoms with Gasteiger partial charge in [0.25, 0.3) is 0 Å². The molecule has 0 radical (unpaired) electrons. The molecule has 0 atom stereocenters. The number of ether oxygens (including phenoxy) is 1. The molecule has 2 aromatic heterocycles. The summed E-state index contributed by atoms with van der Waals surface area (Å²) in [5.41, 5.74) is 5.46. The van der Waals surface area contributed by atoms with Crippen molar-refractivity contribution in [2.75, 3.05) is 20.2 Å². The Balaban J connectivity index is 1.73. The zero-order valence-corrected chi connectivity index (χ0v) is 20.3. The Morgan fingerprint density at radius 2 is 2.06 bits per heavy atom. The van der Waals surface area contributed by atoms with Gasteiger partial charge in [0.2, 0.25) is 0 Å². The van der Waals surface area contributed by atoms with E-state index in [1.54, 1.807) is 6.07 Å². The second-order valence-corrected chi connectivity index (χ2v) is 15.5. The summed E-state index contributed by atoms with van der Waals surface area (Å²) in [6.07, 6.45) is 2.86. The van der Waals surface area contributed by atoms with E-state index < -0.39 is 8.07 Å². The second kappa shape index (κ2) is 8.71. The van der Waals surface area contributed by atoms with Crippen LogP contribution in [-0.4, -0.2) is 47.9 Å². The summed E-state index contributed by atoms with van der Waals surface area (Å²) in [4.78, 5) is 7.02. The molecule has 3 heterocycles. The summed E-state index contributed by atoms with van der Waals surface area (Å²) in [6, 6.07) is 9.08. The molecule has 0 aliphatic carbocycles. The van der Waals surface area contributed by atoms with Gasteiger partial charge in [0, 0.05) is 57.0 Å². The lowest BCUT2D eigenvalue weighted by atomic mass is 10.0. The Kier molecular flexibility index (Phi) is 6.17. The van der Waals surface area contributed by atoms with Crippen molar-refractivity contribution in [3.8, 4) is 17.3 Å². The fraction of sp³-hybridized carbons (Fsp3) is 0.435. The Bertz CT molecular complexity index is 1160. The summed E-state index contributed by atoms with van der Waals surface area (Å²) >= 11 is 6.38. The molecule has 0 saturated carbocycles. The quantitative estimate of drug-likeness (QED) is 0.391. The Labute approximate surface area is 189 Å². The predicted octanol–water partition coefficient (Wildman–Crippen LogP) is 4.92. The second-order valence-electron chi connectivity index (χ2n) is 9.47. The number of likely N-dealkylation sites (N-methyl/N-ethyl adjacent to an activating group) is 1. The first-order valence-corrected chi connectivity index (χ1v) is 14.7. The first-order chi connectivity index (χ1) is 14.7. The SMILES string of the molecule is CN1CCc2ncc(-c3nn(COCC[Si](C)(C)C)c4cc(C#N)c(Cl)cc34)cc2C1. The maximum Gasteiger partial charge on any atom is 0.140 e. The Morgan fingerprint density at radius 1 is 1.26 bits per heavy atom. The van der Waals surface area contributed by atoms with E-state index in [0.29, 0.717) is 23.9 Å². The number of hydrogen-bond donors (Lipinski definition) is 0. The molecule has 0 saturated heterocycles. The lowest BCUT2D eigenvalue weighted by molar-refractivity contribution is 0.0818. The summed E-state index contributed by atoms with van der Waals surface area (Å²) in [5, 5.41) is 15.6. The van der Waals surface area contributed by atoms with Crippen LogP contribution in [0.5, 0.6) is 0 Å². The number of hydrogen-bond acceptors (Lipinski definition) is 5. The van der Waals surface area contributed by atoms with E-state index >= 15 is 0 Å². The van der Waals surface area contributed by atoms with Gasteiger partial charge in [0.15, 0.2) is 0 Å². The topological polar surface area (TPSA) is 67.0 Å². The van der Waals surface area contributed by atoms with Gasteiger partial charge in [0.1, 0.15) is 18.5 Å². The lowest BCUT2D eigenvalue weighted by Crippen LogP contribution is -2.27. The molecule has 31 heavy (non-hydrogen) atoms. The molecule has 0 N–H and O–H groups in total. The van der Waals surface area contributed by atoms with Crippen LogP contribution in [0.1, 0.15) is 16.8 Å². The largest absolute Gasteiger partial charge is 0.360 e. The normalized spacial score (nSPS) is 14.6. The summed E-state index contributed by atoms with van der Waals surface area (Å²) in [6.45, 7) is 9.96. The smallest absolute Gasteiger partial charge is 0.140 e. The van der Waals surface area contributed by atoms with Gasteiger partial charge in [-0.05, 0) is 36.9 Å². The van der Waals surface area contributed by atoms with Crippen molar-refractivity contribution in [1.82, 2.24) is 19.7 Å². The van der Waals surface area contributed by atoms with Crippen LogP contribution in [0.25, 0.3) is 22.2 Å². The van der Waals surface area contributed by atoms with E-state index in [9.17, 15) is 5.26 Å². The van der Waals surface area contributed by atoms with Crippen molar-refractivity contribution in [3.63, 3.8) is 0 Å². The lowest BCUT2D eigenvalue weighted by Gasteiger charge is -2.24. The van der Waals surface area contributed by atoms with Crippen LogP contribution in [-0.2, 0) is 24.4 Å². The molecule has 162 valence electrons. The monoisotopic (exact) mass is 453 g/mol. The highest BCUT2D eigenvalue weighted by molar-refractivity contribution is 6.76. The third-order valence-corrected chi connectivity index (χ3v) is 7.69. The standard InChI is InChI=1S/C23H28ClN5OSi/c1-28-6-5-21-18(14-28)9-17(13-26-21)23-19-11-20(24)16(12-25)10-22(19)29(27-23)15-30-7-8-31(2,3)4/h9-11,13H,5-8,14-15H2,1-4H3. The number of nitrogens with zero attached hydrogens (tertiary/aromatic N) is 5. The van der Waals surface area contributed by atoms with E-state index in [0.717, 1.165) is 53.4 Å². The molecule has 0 fully saturated rings. The molecule has 0 amide bonds. The molecule has 0 spiro atoms. The summed E-state index contributed by atoms with van der Waals surface area (Å²) < 4.78 is 7.79. The molecule has 1 aliphatic rings. The molecule has 3 aromatic rings. The van der Waals surface area contributed by atoms with E-state index in [-0.39, 0.29) is 0 Å². The fourth-order valence-corrected chi connectivity index (χ4v) is 4.78. The summed E-state index contributed by atoms with van der Waals surface area (Å²) in [5.74, 6) is 0. The van der Waals surface area contributed by atoms with Crippen molar-refractivity contribution in [3.05, 3.63) is 46.2 Å². The maximum atomic E-state index is 9.45. The van der Waals surface area contributed by atoms with Crippen LogP contribution in [0, 0.1) is 11.3 Å². The number of aromatic nitrogens is 3. The molecule has 6 nitrogen and oxygen atoms in total. The fourth-order valence-electron chi connectivity index (χ4n) is 3.82. The van der Waals surface area contributed by atoms with Crippen LogP contribution < -0.4 is 0 Å². The van der Waals surface area contributed by atoms with Crippen LogP contribution in [0.2, 0.25) is 30.7 Å². The van der Waals surface area contributed by atoms with Crippen LogP contribution in [0.3, 0.4) is 0 Å². The molecule has 0 unspecified atom stereocenters. The highest BCUT2D eigenvalue weighted by Gasteiger charge is 2.20. The maximum absolute atomic E-state index is 9.45. The van der Waals surface area contributed by atoms with Crippen molar-refractivity contribution < 1.29 is 4.74 Å². The number of pyridine rings is 1. The highest BCUT2D eigenvalue weighted by Crippen LogP contribution is 2.33. The third kappa shape index (κ3) is 4.83. The molecule has 0 bridgehead atoms. The van der Waals surface area contributed by atoms with Gasteiger partial charge in [-0.1, -0.05) is 31.2 Å². The zero-order valence-electron chi connectivity index (χ0n) is 18.6. The first-order valence-electron chi connectivity index (χ1n) is 10.6. The van der Waals surface area contributed by atoms with Gasteiger partial charge in [-0.25, -0.2) is 4.68 Å². The number of benzene rings is 1. The minimum absolute atomic E-state index is 0.342. The first kappa shape index (κ1) is 22.0. The van der Waals surface area contributed by atoms with Crippen molar-refractivity contribution in [1.29, 1.82) is 5.26 Å². The Morgan fingerprint density at radius 3 is 2.81 bits per heavy atom. The minimum atomic E-state index is -1.17. The van der Waals surface area contributed by atoms with Gasteiger partial charge < -0.3 is 9.64 Å². The number of fused-ring (bicyclic) bond motifs is 2. The van der Waals surface area contributed by atoms with Gasteiger partial charge in [0.05, 0.1) is 16.1 Å². The summed E-state index contributed by atoms with van der Waals surface area (Å²) in [7, 11) is 0.960. The van der Waals surface area contributed by atoms with E-state index in [1.165, 1.54) is 5.56 Å². The van der Waals surface area contributed by atoms with Crippen LogP contribution in [0.15, 0.2) is 24.4 Å². The molecule has 1 aromatic carbocycles. The third-order valence-electron chi connectivity index (χ3n) is 5.67. The predicted molar refractivity (Wildman–Crippen MR) is 127 cm³/mol. The average molecular weight is 454 g/mol. The van der Waals surface area contributed by atoms with Crippen molar-refractivity contribution in [2.24, 2.45) is 0 Å². The average Bonchev–Trinajstić information content (AvgIpc) is 3.06. The number of rotatable bonds is 6. The molecule has 8 heteroatoms. The van der Waals surface area contributed by atoms with Gasteiger partial charge >= 0.3 is 0 Å². The number of halogens is 1. The van der Waals surface area contributed by atoms with Gasteiger partial charge in [-0.2, -0.15) is 10.4 Å². The van der Waals surface area contributed by atoms with Gasteiger partial charge in [-0.15, -0.1) is 0 Å². The Hall–Kier alpha value is -2.24. The number of nitriles is 1. The zero-order chi connectivity index (χ0) is 22.2. The van der Waals surface area contributed by atoms with Crippen LogP contribution in [0.4, 0.5) is 0 Å². The van der Waals surface area contributed by atoms with Crippen molar-refractivity contribution in [2.45, 2.75) is 45.4 Å². The highest BCUT2D eigenvalue weighted by atomic mass is 35.5. The molecular weight excluding hydrogens is 426 g/mol. The molecule has 1 aliphatic heterocycles. The van der Waals surface area contributed by atoms with E-state index in [2.05, 4.69) is 43.7 Å².